The highest BCUT2D eigenvalue weighted by Crippen LogP contribution is 2.20. The third-order valence-corrected chi connectivity index (χ3v) is 1.56. The van der Waals surface area contributed by atoms with Crippen LogP contribution < -0.4 is 0 Å². The SMILES string of the molecule is OCc1ccc(O)cc1Cl. The number of aliphatic hydroxyl groups is 1. The van der Waals surface area contributed by atoms with E-state index in [-0.39, 0.29) is 12.4 Å². The van der Waals surface area contributed by atoms with Crippen LogP contribution in [0.2, 0.25) is 5.02 Å². The highest BCUT2D eigenvalue weighted by Gasteiger charge is 1.97. The number of phenolic OH excluding ortho intramolecular Hbond substituents is 1. The Hall–Kier alpha value is -0.730. The predicted molar refractivity (Wildman–Crippen MR) is 39.0 cm³/mol. The van der Waals surface area contributed by atoms with Gasteiger partial charge in [0.25, 0.3) is 0 Å². The average Bonchev–Trinajstić information content (AvgIpc) is 1.88. The van der Waals surface area contributed by atoms with Crippen molar-refractivity contribution in [2.45, 2.75) is 6.61 Å². The zero-order chi connectivity index (χ0) is 7.56. The van der Waals surface area contributed by atoms with Gasteiger partial charge in [-0.25, -0.2) is 0 Å². The summed E-state index contributed by atoms with van der Waals surface area (Å²) in [6.07, 6.45) is 0. The minimum absolute atomic E-state index is 0.0981. The molecule has 0 aliphatic carbocycles. The Labute approximate surface area is 63.7 Å². The Balaban J connectivity index is 3.07. The van der Waals surface area contributed by atoms with Crippen LogP contribution in [0, 0.1) is 0 Å². The second kappa shape index (κ2) is 2.90. The number of benzene rings is 1. The van der Waals surface area contributed by atoms with Gasteiger partial charge in [-0.15, -0.1) is 0 Å². The van der Waals surface area contributed by atoms with E-state index in [0.717, 1.165) is 0 Å². The summed E-state index contributed by atoms with van der Waals surface area (Å²) in [5, 5.41) is 17.9. The summed E-state index contributed by atoms with van der Waals surface area (Å²) in [6.45, 7) is -0.0981. The van der Waals surface area contributed by atoms with E-state index in [2.05, 4.69) is 0 Å². The molecule has 0 saturated heterocycles. The van der Waals surface area contributed by atoms with E-state index in [9.17, 15) is 0 Å². The second-order valence-electron chi connectivity index (χ2n) is 1.93. The fraction of sp³-hybridized carbons (Fsp3) is 0.143. The monoisotopic (exact) mass is 158 g/mol. The normalized spacial score (nSPS) is 9.80. The Kier molecular flexibility index (Phi) is 2.14. The van der Waals surface area contributed by atoms with Crippen molar-refractivity contribution in [3.63, 3.8) is 0 Å². The first-order valence-electron chi connectivity index (χ1n) is 2.82. The molecule has 0 atom stereocenters. The minimum atomic E-state index is -0.0981. The van der Waals surface area contributed by atoms with Gasteiger partial charge >= 0.3 is 0 Å². The number of aliphatic hydroxyl groups excluding tert-OH is 1. The topological polar surface area (TPSA) is 40.5 Å². The van der Waals surface area contributed by atoms with Gasteiger partial charge in [-0.2, -0.15) is 0 Å². The zero-order valence-electron chi connectivity index (χ0n) is 5.21. The van der Waals surface area contributed by atoms with Gasteiger partial charge in [-0.1, -0.05) is 17.7 Å². The maximum atomic E-state index is 8.87. The van der Waals surface area contributed by atoms with Gasteiger partial charge in [0.2, 0.25) is 0 Å². The van der Waals surface area contributed by atoms with Crippen LogP contribution in [0.1, 0.15) is 5.56 Å². The summed E-state index contributed by atoms with van der Waals surface area (Å²) >= 11 is 5.61. The highest BCUT2D eigenvalue weighted by molar-refractivity contribution is 6.31. The molecule has 0 unspecified atom stereocenters. The standard InChI is InChI=1S/C7H7ClO2/c8-7-3-6(10)2-1-5(7)4-9/h1-3,9-10H,4H2. The largest absolute Gasteiger partial charge is 0.508 e. The molecular weight excluding hydrogens is 152 g/mol. The predicted octanol–water partition coefficient (Wildman–Crippen LogP) is 1.54. The zero-order valence-corrected chi connectivity index (χ0v) is 5.97. The summed E-state index contributed by atoms with van der Waals surface area (Å²) in [5.74, 6) is 0.113. The quantitative estimate of drug-likeness (QED) is 0.651. The maximum absolute atomic E-state index is 8.87. The number of hydrogen-bond acceptors (Lipinski definition) is 2. The maximum Gasteiger partial charge on any atom is 0.117 e. The van der Waals surface area contributed by atoms with Crippen molar-refractivity contribution in [2.24, 2.45) is 0 Å². The smallest absolute Gasteiger partial charge is 0.117 e. The number of halogens is 1. The third kappa shape index (κ3) is 1.40. The Morgan fingerprint density at radius 1 is 1.40 bits per heavy atom. The van der Waals surface area contributed by atoms with Crippen LogP contribution in [-0.4, -0.2) is 10.2 Å². The Morgan fingerprint density at radius 3 is 2.60 bits per heavy atom. The van der Waals surface area contributed by atoms with E-state index < -0.39 is 0 Å². The van der Waals surface area contributed by atoms with Gasteiger partial charge in [0.05, 0.1) is 6.61 Å². The van der Waals surface area contributed by atoms with Crippen LogP contribution in [0.25, 0.3) is 0 Å². The molecule has 1 aromatic rings. The van der Waals surface area contributed by atoms with Crippen molar-refractivity contribution in [1.82, 2.24) is 0 Å². The molecule has 0 saturated carbocycles. The van der Waals surface area contributed by atoms with E-state index in [0.29, 0.717) is 10.6 Å². The molecule has 54 valence electrons. The van der Waals surface area contributed by atoms with Gasteiger partial charge in [0, 0.05) is 5.02 Å². The molecule has 3 heteroatoms. The lowest BCUT2D eigenvalue weighted by molar-refractivity contribution is 0.282. The van der Waals surface area contributed by atoms with Gasteiger partial charge in [0.15, 0.2) is 0 Å². The van der Waals surface area contributed by atoms with E-state index >= 15 is 0 Å². The molecule has 2 nitrogen and oxygen atoms in total. The van der Waals surface area contributed by atoms with Crippen LogP contribution in [-0.2, 0) is 6.61 Å². The molecule has 0 heterocycles. The van der Waals surface area contributed by atoms with Crippen molar-refractivity contribution < 1.29 is 10.2 Å². The first-order valence-corrected chi connectivity index (χ1v) is 3.20. The first kappa shape index (κ1) is 7.38. The lowest BCUT2D eigenvalue weighted by atomic mass is 10.2. The van der Waals surface area contributed by atoms with Crippen LogP contribution in [0.3, 0.4) is 0 Å². The van der Waals surface area contributed by atoms with Crippen molar-refractivity contribution >= 4 is 11.6 Å². The van der Waals surface area contributed by atoms with E-state index in [1.165, 1.54) is 12.1 Å². The van der Waals surface area contributed by atoms with Gasteiger partial charge < -0.3 is 10.2 Å². The molecule has 1 rings (SSSR count). The number of rotatable bonds is 1. The molecule has 0 aliphatic rings. The van der Waals surface area contributed by atoms with E-state index in [1.54, 1.807) is 6.07 Å². The fourth-order valence-electron chi connectivity index (χ4n) is 0.664. The summed E-state index contributed by atoms with van der Waals surface area (Å²) in [5.41, 5.74) is 0.625. The second-order valence-corrected chi connectivity index (χ2v) is 2.34. The lowest BCUT2D eigenvalue weighted by Crippen LogP contribution is -1.82. The molecule has 0 aromatic heterocycles. The summed E-state index contributed by atoms with van der Waals surface area (Å²) < 4.78 is 0. The molecular formula is C7H7ClO2. The van der Waals surface area contributed by atoms with Crippen molar-refractivity contribution in [2.75, 3.05) is 0 Å². The third-order valence-electron chi connectivity index (χ3n) is 1.21. The summed E-state index contributed by atoms with van der Waals surface area (Å²) in [4.78, 5) is 0. The van der Waals surface area contributed by atoms with Gasteiger partial charge in [-0.3, -0.25) is 0 Å². The average molecular weight is 159 g/mol. The molecule has 10 heavy (non-hydrogen) atoms. The van der Waals surface area contributed by atoms with E-state index in [4.69, 9.17) is 21.8 Å². The molecule has 0 amide bonds. The Morgan fingerprint density at radius 2 is 2.10 bits per heavy atom. The summed E-state index contributed by atoms with van der Waals surface area (Å²) in [7, 11) is 0. The molecule has 0 fully saturated rings. The van der Waals surface area contributed by atoms with E-state index in [1.807, 2.05) is 0 Å². The first-order chi connectivity index (χ1) is 4.74. The van der Waals surface area contributed by atoms with Crippen LogP contribution in [0.15, 0.2) is 18.2 Å². The van der Waals surface area contributed by atoms with Crippen LogP contribution >= 0.6 is 11.6 Å². The minimum Gasteiger partial charge on any atom is -0.508 e. The van der Waals surface area contributed by atoms with Crippen LogP contribution in [0.5, 0.6) is 5.75 Å². The molecule has 1 aromatic carbocycles. The van der Waals surface area contributed by atoms with Crippen molar-refractivity contribution in [1.29, 1.82) is 0 Å². The van der Waals surface area contributed by atoms with Gasteiger partial charge in [0.1, 0.15) is 5.75 Å². The fourth-order valence-corrected chi connectivity index (χ4v) is 0.899. The van der Waals surface area contributed by atoms with Crippen molar-refractivity contribution in [3.05, 3.63) is 28.8 Å². The van der Waals surface area contributed by atoms with Crippen LogP contribution in [0.4, 0.5) is 0 Å². The summed E-state index contributed by atoms with van der Waals surface area (Å²) in [6, 6.07) is 4.46. The molecule has 0 bridgehead atoms. The molecule has 0 radical (unpaired) electrons. The number of phenols is 1. The Bertz CT molecular complexity index is 235. The molecule has 0 aliphatic heterocycles. The molecule has 2 N–H and O–H groups in total. The molecule has 0 spiro atoms. The van der Waals surface area contributed by atoms with Gasteiger partial charge in [-0.05, 0) is 17.7 Å². The lowest BCUT2D eigenvalue weighted by Gasteiger charge is -1.98. The highest BCUT2D eigenvalue weighted by atomic mass is 35.5. The number of hydrogen-bond donors (Lipinski definition) is 2. The number of aromatic hydroxyl groups is 1. The van der Waals surface area contributed by atoms with Crippen molar-refractivity contribution in [3.8, 4) is 5.75 Å².